The van der Waals surface area contributed by atoms with E-state index >= 15 is 0 Å². The van der Waals surface area contributed by atoms with Gasteiger partial charge in [-0.25, -0.2) is 12.7 Å². The van der Waals surface area contributed by atoms with Crippen molar-refractivity contribution in [3.05, 3.63) is 34.9 Å². The average Bonchev–Trinajstić information content (AvgIpc) is 2.67. The van der Waals surface area contributed by atoms with Gasteiger partial charge in [0.25, 0.3) is 0 Å². The van der Waals surface area contributed by atoms with Crippen LogP contribution in [0.2, 0.25) is 5.02 Å². The fourth-order valence-electron chi connectivity index (χ4n) is 4.23. The van der Waals surface area contributed by atoms with Crippen LogP contribution in [0.25, 0.3) is 0 Å². The number of amides is 1. The Morgan fingerprint density at radius 2 is 1.86 bits per heavy atom. The molecule has 0 aromatic heterocycles. The van der Waals surface area contributed by atoms with Gasteiger partial charge in [-0.1, -0.05) is 43.5 Å². The van der Waals surface area contributed by atoms with Gasteiger partial charge in [0.15, 0.2) is 0 Å². The molecule has 1 saturated heterocycles. The predicted octanol–water partition coefficient (Wildman–Crippen LogP) is 3.72. The molecule has 0 bridgehead atoms. The first kappa shape index (κ1) is 21.6. The number of unbranched alkanes of at least 4 members (excludes halogenated alkanes) is 1. The van der Waals surface area contributed by atoms with Gasteiger partial charge in [0, 0.05) is 36.0 Å². The highest BCUT2D eigenvalue weighted by molar-refractivity contribution is 7.89. The van der Waals surface area contributed by atoms with E-state index in [1.165, 1.54) is 12.0 Å². The molecular formula is C21H31ClN2O3S. The summed E-state index contributed by atoms with van der Waals surface area (Å²) in [6, 6.07) is 7.95. The maximum absolute atomic E-state index is 12.7. The second kappa shape index (κ2) is 9.14. The Morgan fingerprint density at radius 3 is 2.39 bits per heavy atom. The molecule has 1 aliphatic heterocycles. The molecule has 0 spiro atoms. The Balaban J connectivity index is 1.51. The van der Waals surface area contributed by atoms with E-state index < -0.39 is 10.0 Å². The van der Waals surface area contributed by atoms with Crippen molar-refractivity contribution in [3.8, 4) is 0 Å². The van der Waals surface area contributed by atoms with Crippen LogP contribution in [0.3, 0.4) is 0 Å². The summed E-state index contributed by atoms with van der Waals surface area (Å²) in [6.45, 7) is 3.53. The highest BCUT2D eigenvalue weighted by atomic mass is 35.5. The number of carbonyl (C=O) groups is 1. The van der Waals surface area contributed by atoms with Gasteiger partial charge in [0.1, 0.15) is 0 Å². The number of nitrogens with one attached hydrogen (secondary N) is 1. The molecule has 0 unspecified atom stereocenters. The molecule has 2 aliphatic rings. The lowest BCUT2D eigenvalue weighted by atomic mass is 9.64. The summed E-state index contributed by atoms with van der Waals surface area (Å²) in [4.78, 5) is 12.7. The molecular weight excluding hydrogens is 396 g/mol. The van der Waals surface area contributed by atoms with Crippen LogP contribution in [0.5, 0.6) is 0 Å². The molecule has 2 fully saturated rings. The predicted molar refractivity (Wildman–Crippen MR) is 113 cm³/mol. The van der Waals surface area contributed by atoms with E-state index in [9.17, 15) is 13.2 Å². The molecule has 3 rings (SSSR count). The molecule has 156 valence electrons. The monoisotopic (exact) mass is 426 g/mol. The largest absolute Gasteiger partial charge is 0.355 e. The molecule has 0 atom stereocenters. The second-order valence-corrected chi connectivity index (χ2v) is 10.7. The third-order valence-corrected chi connectivity index (χ3v) is 8.55. The van der Waals surface area contributed by atoms with Crippen LogP contribution in [-0.4, -0.2) is 44.0 Å². The van der Waals surface area contributed by atoms with Gasteiger partial charge in [-0.2, -0.15) is 0 Å². The number of hydrogen-bond donors (Lipinski definition) is 1. The number of nitrogens with zero attached hydrogens (tertiary/aromatic N) is 1. The molecule has 0 radical (unpaired) electrons. The SMILES string of the molecule is CCCCS(=O)(=O)N1CCC(C(=O)NCC2(c3ccc(Cl)cc3)CCC2)CC1. The molecule has 28 heavy (non-hydrogen) atoms. The Labute approximate surface area is 173 Å². The smallest absolute Gasteiger partial charge is 0.223 e. The zero-order chi connectivity index (χ0) is 20.2. The summed E-state index contributed by atoms with van der Waals surface area (Å²) in [5, 5.41) is 3.88. The van der Waals surface area contributed by atoms with Gasteiger partial charge in [0.05, 0.1) is 5.75 Å². The van der Waals surface area contributed by atoms with Crippen molar-refractivity contribution in [3.63, 3.8) is 0 Å². The van der Waals surface area contributed by atoms with Crippen molar-refractivity contribution in [2.45, 2.75) is 57.3 Å². The lowest BCUT2D eigenvalue weighted by molar-refractivity contribution is -0.126. The first-order valence-corrected chi connectivity index (χ1v) is 12.4. The van der Waals surface area contributed by atoms with Crippen LogP contribution in [0, 0.1) is 5.92 Å². The van der Waals surface area contributed by atoms with Crippen molar-refractivity contribution >= 4 is 27.5 Å². The van der Waals surface area contributed by atoms with Crippen molar-refractivity contribution in [1.29, 1.82) is 0 Å². The van der Waals surface area contributed by atoms with Gasteiger partial charge in [0.2, 0.25) is 15.9 Å². The Bertz CT molecular complexity index is 767. The minimum atomic E-state index is -3.17. The molecule has 1 saturated carbocycles. The molecule has 1 aromatic rings. The fourth-order valence-corrected chi connectivity index (χ4v) is 6.03. The van der Waals surface area contributed by atoms with E-state index in [0.717, 1.165) is 24.3 Å². The van der Waals surface area contributed by atoms with Gasteiger partial charge in [-0.3, -0.25) is 4.79 Å². The zero-order valence-electron chi connectivity index (χ0n) is 16.6. The maximum atomic E-state index is 12.7. The van der Waals surface area contributed by atoms with Crippen LogP contribution < -0.4 is 5.32 Å². The van der Waals surface area contributed by atoms with Crippen LogP contribution in [0.1, 0.15) is 57.4 Å². The fraction of sp³-hybridized carbons (Fsp3) is 0.667. The summed E-state index contributed by atoms with van der Waals surface area (Å²) in [5.41, 5.74) is 1.25. The third-order valence-electron chi connectivity index (χ3n) is 6.34. The molecule has 1 heterocycles. The number of benzene rings is 1. The molecule has 5 nitrogen and oxygen atoms in total. The minimum absolute atomic E-state index is 0.0183. The maximum Gasteiger partial charge on any atom is 0.223 e. The second-order valence-electron chi connectivity index (χ2n) is 8.20. The lowest BCUT2D eigenvalue weighted by Crippen LogP contribution is -2.49. The van der Waals surface area contributed by atoms with Crippen molar-refractivity contribution < 1.29 is 13.2 Å². The van der Waals surface area contributed by atoms with E-state index in [-0.39, 0.29) is 23.0 Å². The van der Waals surface area contributed by atoms with Crippen LogP contribution in [0.4, 0.5) is 0 Å². The topological polar surface area (TPSA) is 66.5 Å². The molecule has 1 aromatic carbocycles. The molecule has 7 heteroatoms. The van der Waals surface area contributed by atoms with Crippen molar-refractivity contribution in [1.82, 2.24) is 9.62 Å². The highest BCUT2D eigenvalue weighted by Gasteiger charge is 2.39. The number of hydrogen-bond acceptors (Lipinski definition) is 3. The third kappa shape index (κ3) is 4.89. The number of piperidine rings is 1. The standard InChI is InChI=1S/C21H31ClN2O3S/c1-2-3-15-28(26,27)24-13-9-17(10-14-24)20(25)23-16-21(11-4-12-21)18-5-7-19(22)8-6-18/h5-8,17H,2-4,9-16H2,1H3,(H,23,25). The van der Waals surface area contributed by atoms with Crippen LogP contribution >= 0.6 is 11.6 Å². The van der Waals surface area contributed by atoms with Gasteiger partial charge >= 0.3 is 0 Å². The van der Waals surface area contributed by atoms with Gasteiger partial charge in [-0.05, 0) is 49.8 Å². The highest BCUT2D eigenvalue weighted by Crippen LogP contribution is 2.43. The van der Waals surface area contributed by atoms with E-state index in [1.807, 2.05) is 19.1 Å². The quantitative estimate of drug-likeness (QED) is 0.688. The summed E-state index contributed by atoms with van der Waals surface area (Å²) in [6.07, 6.45) is 6.08. The zero-order valence-corrected chi connectivity index (χ0v) is 18.2. The van der Waals surface area contributed by atoms with Crippen LogP contribution in [0.15, 0.2) is 24.3 Å². The average molecular weight is 427 g/mol. The molecule has 1 aliphatic carbocycles. The Hall–Kier alpha value is -1.11. The lowest BCUT2D eigenvalue weighted by Gasteiger charge is -2.43. The van der Waals surface area contributed by atoms with E-state index in [0.29, 0.717) is 38.9 Å². The van der Waals surface area contributed by atoms with E-state index in [1.54, 1.807) is 4.31 Å². The van der Waals surface area contributed by atoms with Crippen molar-refractivity contribution in [2.75, 3.05) is 25.4 Å². The van der Waals surface area contributed by atoms with Gasteiger partial charge in [-0.15, -0.1) is 0 Å². The normalized spacial score (nSPS) is 20.5. The number of halogens is 1. The summed E-state index contributed by atoms with van der Waals surface area (Å²) < 4.78 is 26.2. The molecule has 1 amide bonds. The van der Waals surface area contributed by atoms with E-state index in [4.69, 9.17) is 11.6 Å². The first-order chi connectivity index (χ1) is 13.4. The Morgan fingerprint density at radius 1 is 1.21 bits per heavy atom. The summed E-state index contributed by atoms with van der Waals surface area (Å²) >= 11 is 6.01. The van der Waals surface area contributed by atoms with E-state index in [2.05, 4.69) is 17.4 Å². The van der Waals surface area contributed by atoms with Crippen LogP contribution in [-0.2, 0) is 20.2 Å². The number of rotatable bonds is 8. The first-order valence-electron chi connectivity index (χ1n) is 10.4. The number of sulfonamides is 1. The minimum Gasteiger partial charge on any atom is -0.355 e. The summed E-state index contributed by atoms with van der Waals surface area (Å²) in [7, 11) is -3.17. The Kier molecular flexibility index (Phi) is 7.05. The van der Waals surface area contributed by atoms with Gasteiger partial charge < -0.3 is 5.32 Å². The molecule has 1 N–H and O–H groups in total. The van der Waals surface area contributed by atoms with Crippen molar-refractivity contribution in [2.24, 2.45) is 5.92 Å². The number of carbonyl (C=O) groups excluding carboxylic acids is 1. The summed E-state index contributed by atoms with van der Waals surface area (Å²) in [5.74, 6) is 0.176.